The molecule has 43 heavy (non-hydrogen) atoms. The van der Waals surface area contributed by atoms with Gasteiger partial charge in [-0.3, -0.25) is 29.3 Å². The topological polar surface area (TPSA) is 118 Å². The number of nitro groups is 1. The lowest BCUT2D eigenvalue weighted by Gasteiger charge is -2.45. The Kier molecular flexibility index (Phi) is 6.32. The van der Waals surface area contributed by atoms with Crippen molar-refractivity contribution in [2.75, 3.05) is 6.54 Å². The van der Waals surface area contributed by atoms with Gasteiger partial charge in [0.05, 0.1) is 16.8 Å². The van der Waals surface area contributed by atoms with E-state index in [1.807, 2.05) is 48.5 Å². The average molecular weight is 636 g/mol. The molecular weight excluding hydrogens is 614 g/mol. The number of halogens is 1. The molecule has 3 aliphatic carbocycles. The molecule has 2 atom stereocenters. The minimum atomic E-state index is -0.789. The Labute approximate surface area is 254 Å². The van der Waals surface area contributed by atoms with Gasteiger partial charge in [0.25, 0.3) is 23.4 Å². The van der Waals surface area contributed by atoms with Crippen LogP contribution in [-0.4, -0.2) is 45.0 Å². The summed E-state index contributed by atoms with van der Waals surface area (Å²) in [5, 5.41) is 13.0. The molecule has 1 saturated heterocycles. The molecule has 0 unspecified atom stereocenters. The Hall–Kier alpha value is -4.96. The van der Waals surface area contributed by atoms with Crippen LogP contribution in [0.3, 0.4) is 0 Å². The lowest BCUT2D eigenvalue weighted by atomic mass is 9.55. The molecule has 0 saturated carbocycles. The molecular formula is C33H22BrN3O6. The van der Waals surface area contributed by atoms with E-state index in [2.05, 4.69) is 15.9 Å². The number of hydrazine groups is 1. The summed E-state index contributed by atoms with van der Waals surface area (Å²) >= 11 is 3.34. The van der Waals surface area contributed by atoms with Gasteiger partial charge in [0.1, 0.15) is 6.54 Å². The lowest BCUT2D eigenvalue weighted by Crippen LogP contribution is -2.52. The van der Waals surface area contributed by atoms with Crippen molar-refractivity contribution in [1.82, 2.24) is 10.0 Å². The molecule has 1 heterocycles. The summed E-state index contributed by atoms with van der Waals surface area (Å²) in [5.41, 5.74) is 3.99. The van der Waals surface area contributed by atoms with Gasteiger partial charge in [0.2, 0.25) is 0 Å². The number of nitrogens with zero attached hydrogens (tertiary/aromatic N) is 3. The Morgan fingerprint density at radius 3 is 1.60 bits per heavy atom. The molecule has 0 aromatic heterocycles. The number of amides is 3. The zero-order valence-electron chi connectivity index (χ0n) is 22.4. The third-order valence-electron chi connectivity index (χ3n) is 8.69. The molecule has 1 aliphatic heterocycles. The Morgan fingerprint density at radius 2 is 1.16 bits per heavy atom. The van der Waals surface area contributed by atoms with Gasteiger partial charge in [-0.1, -0.05) is 76.6 Å². The number of imide groups is 1. The standard InChI is InChI=1S/C33H22BrN3O6/c34-20-13-9-18(10-14-20)26(38)17-35(31(39)19-11-15-21(16-12-19)37(42)43)36-32(40)29-27-22-5-1-2-6-23(22)28(30(29)33(36)41)25-8-4-3-7-24(25)27/h1-16,27-30H,17H2/t27?,28?,29-,30-/m1/s1. The largest absolute Gasteiger partial charge is 0.292 e. The van der Waals surface area contributed by atoms with E-state index in [1.54, 1.807) is 24.3 Å². The van der Waals surface area contributed by atoms with Crippen LogP contribution in [-0.2, 0) is 9.59 Å². The number of carbonyl (C=O) groups excluding carboxylic acids is 4. The molecule has 4 aromatic rings. The van der Waals surface area contributed by atoms with Gasteiger partial charge >= 0.3 is 0 Å². The van der Waals surface area contributed by atoms with Crippen LogP contribution >= 0.6 is 15.9 Å². The first-order valence-electron chi connectivity index (χ1n) is 13.7. The minimum Gasteiger partial charge on any atom is -0.292 e. The maximum absolute atomic E-state index is 14.3. The molecule has 9 nitrogen and oxygen atoms in total. The van der Waals surface area contributed by atoms with Crippen molar-refractivity contribution in [3.63, 3.8) is 0 Å². The number of hydrogen-bond acceptors (Lipinski definition) is 6. The summed E-state index contributed by atoms with van der Waals surface area (Å²) in [6, 6.07) is 27.0. The number of Topliss-reactive ketones (excluding diaryl/α,β-unsaturated/α-hetero) is 1. The van der Waals surface area contributed by atoms with Crippen molar-refractivity contribution in [3.05, 3.63) is 145 Å². The third kappa shape index (κ3) is 4.12. The monoisotopic (exact) mass is 635 g/mol. The van der Waals surface area contributed by atoms with Crippen LogP contribution in [0.15, 0.2) is 102 Å². The molecule has 1 fully saturated rings. The number of nitro benzene ring substituents is 1. The molecule has 2 bridgehead atoms. The van der Waals surface area contributed by atoms with Crippen LogP contribution in [0.4, 0.5) is 5.69 Å². The molecule has 212 valence electrons. The number of ketones is 1. The van der Waals surface area contributed by atoms with E-state index in [9.17, 15) is 29.3 Å². The summed E-state index contributed by atoms with van der Waals surface area (Å²) in [5.74, 6) is -4.64. The molecule has 4 aromatic carbocycles. The van der Waals surface area contributed by atoms with Gasteiger partial charge in [-0.15, -0.1) is 0 Å². The van der Waals surface area contributed by atoms with Crippen molar-refractivity contribution < 1.29 is 24.1 Å². The van der Waals surface area contributed by atoms with Crippen molar-refractivity contribution in [1.29, 1.82) is 0 Å². The summed E-state index contributed by atoms with van der Waals surface area (Å²) in [4.78, 5) is 66.8. The molecule has 4 aliphatic rings. The van der Waals surface area contributed by atoms with E-state index in [0.29, 0.717) is 5.56 Å². The summed E-state index contributed by atoms with van der Waals surface area (Å²) in [6.07, 6.45) is 0. The first-order chi connectivity index (χ1) is 20.8. The van der Waals surface area contributed by atoms with Gasteiger partial charge in [-0.05, 0) is 46.5 Å². The predicted octanol–water partition coefficient (Wildman–Crippen LogP) is 5.49. The second-order valence-electron chi connectivity index (χ2n) is 10.8. The van der Waals surface area contributed by atoms with Gasteiger partial charge in [0, 0.05) is 39.6 Å². The third-order valence-corrected chi connectivity index (χ3v) is 9.21. The van der Waals surface area contributed by atoms with Crippen molar-refractivity contribution >= 4 is 45.1 Å². The molecule has 0 radical (unpaired) electrons. The SMILES string of the molecule is O=C(CN(C(=O)c1ccc([N+](=O)[O-])cc1)N1C(=O)[C@@H]2C3c4ccccc4C(c4ccccc43)[C@H]2C1=O)c1ccc(Br)cc1. The summed E-state index contributed by atoms with van der Waals surface area (Å²) in [7, 11) is 0. The van der Waals surface area contributed by atoms with Crippen LogP contribution in [0.1, 0.15) is 54.8 Å². The van der Waals surface area contributed by atoms with Crippen LogP contribution in [0, 0.1) is 22.0 Å². The molecule has 3 amide bonds. The minimum absolute atomic E-state index is 0.000720. The number of benzene rings is 4. The summed E-state index contributed by atoms with van der Waals surface area (Å²) in [6.45, 7) is -0.580. The van der Waals surface area contributed by atoms with Gasteiger partial charge in [-0.25, -0.2) is 5.01 Å². The highest BCUT2D eigenvalue weighted by Crippen LogP contribution is 2.61. The zero-order valence-corrected chi connectivity index (χ0v) is 24.0. The highest BCUT2D eigenvalue weighted by Gasteiger charge is 2.63. The van der Waals surface area contributed by atoms with E-state index in [4.69, 9.17) is 0 Å². The van der Waals surface area contributed by atoms with Crippen molar-refractivity contribution in [2.45, 2.75) is 11.8 Å². The van der Waals surface area contributed by atoms with Gasteiger partial charge in [-0.2, -0.15) is 5.01 Å². The van der Waals surface area contributed by atoms with Crippen LogP contribution in [0.5, 0.6) is 0 Å². The van der Waals surface area contributed by atoms with Crippen LogP contribution in [0.2, 0.25) is 0 Å². The Balaban J connectivity index is 1.32. The molecule has 0 N–H and O–H groups in total. The number of non-ortho nitro benzene ring substituents is 1. The van der Waals surface area contributed by atoms with E-state index >= 15 is 0 Å². The first-order valence-corrected chi connectivity index (χ1v) is 14.5. The van der Waals surface area contributed by atoms with Crippen LogP contribution in [0.25, 0.3) is 0 Å². The molecule has 8 rings (SSSR count). The Morgan fingerprint density at radius 1 is 0.721 bits per heavy atom. The lowest BCUT2D eigenvalue weighted by molar-refractivity contribution is -0.384. The molecule has 10 heteroatoms. The molecule has 0 spiro atoms. The van der Waals surface area contributed by atoms with Gasteiger partial charge in [0.15, 0.2) is 5.78 Å². The maximum atomic E-state index is 14.3. The number of carbonyl (C=O) groups is 4. The summed E-state index contributed by atoms with van der Waals surface area (Å²) < 4.78 is 0.756. The second kappa shape index (κ2) is 10.1. The maximum Gasteiger partial charge on any atom is 0.273 e. The van der Waals surface area contributed by atoms with Crippen molar-refractivity contribution in [2.24, 2.45) is 11.8 Å². The van der Waals surface area contributed by atoms with Crippen molar-refractivity contribution in [3.8, 4) is 0 Å². The fourth-order valence-electron chi connectivity index (χ4n) is 6.87. The predicted molar refractivity (Wildman–Crippen MR) is 158 cm³/mol. The second-order valence-corrected chi connectivity index (χ2v) is 11.8. The van der Waals surface area contributed by atoms with E-state index in [0.717, 1.165) is 36.7 Å². The first kappa shape index (κ1) is 26.9. The quantitative estimate of drug-likeness (QED) is 0.120. The highest BCUT2D eigenvalue weighted by molar-refractivity contribution is 9.10. The van der Waals surface area contributed by atoms with E-state index in [1.165, 1.54) is 24.3 Å². The van der Waals surface area contributed by atoms with Gasteiger partial charge < -0.3 is 0 Å². The normalized spacial score (nSPS) is 21.2. The van der Waals surface area contributed by atoms with E-state index < -0.39 is 46.8 Å². The fourth-order valence-corrected chi connectivity index (χ4v) is 7.14. The zero-order chi connectivity index (χ0) is 30.0. The number of rotatable bonds is 6. The Bertz CT molecular complexity index is 1740. The smallest absolute Gasteiger partial charge is 0.273 e. The number of hydrogen-bond donors (Lipinski definition) is 0. The highest BCUT2D eigenvalue weighted by atomic mass is 79.9. The fraction of sp³-hybridized carbons (Fsp3) is 0.152. The van der Waals surface area contributed by atoms with Crippen LogP contribution < -0.4 is 0 Å². The average Bonchev–Trinajstić information content (AvgIpc) is 3.29. The van der Waals surface area contributed by atoms with E-state index in [-0.39, 0.29) is 23.1 Å².